The number of aryl methyl sites for hydroxylation is 1. The van der Waals surface area contributed by atoms with E-state index in [2.05, 4.69) is 53.7 Å². The molecule has 1 aromatic rings. The zero-order chi connectivity index (χ0) is 13.0. The number of hydrogen-bond donors (Lipinski definition) is 0. The van der Waals surface area contributed by atoms with Crippen LogP contribution in [0.5, 0.6) is 5.75 Å². The average molecular weight is 300 g/mol. The molecule has 0 bridgehead atoms. The Balaban J connectivity index is 2.81. The first-order valence-electron chi connectivity index (χ1n) is 5.99. The molecule has 1 aromatic carbocycles. The Kier molecular flexibility index (Phi) is 5.47. The number of hydrogen-bond acceptors (Lipinski definition) is 2. The van der Waals surface area contributed by atoms with Gasteiger partial charge in [0.2, 0.25) is 0 Å². The smallest absolute Gasteiger partial charge is 0.133 e. The molecule has 0 aliphatic carbocycles. The standard InChI is InChI=1S/C14H22BrNO/c1-10(2)12-9-14(13(15)8-11(12)3)17-7-6-16(4)5/h8-10H,6-7H2,1-5H3. The molecule has 0 N–H and O–H groups in total. The van der Waals surface area contributed by atoms with Crippen molar-refractivity contribution < 1.29 is 4.74 Å². The summed E-state index contributed by atoms with van der Waals surface area (Å²) in [7, 11) is 4.10. The summed E-state index contributed by atoms with van der Waals surface area (Å²) >= 11 is 3.56. The Morgan fingerprint density at radius 3 is 2.47 bits per heavy atom. The molecule has 0 heterocycles. The van der Waals surface area contributed by atoms with Crippen LogP contribution in [0.2, 0.25) is 0 Å². The molecule has 0 spiro atoms. The summed E-state index contributed by atoms with van der Waals surface area (Å²) in [5, 5.41) is 0. The number of rotatable bonds is 5. The van der Waals surface area contributed by atoms with Gasteiger partial charge >= 0.3 is 0 Å². The van der Waals surface area contributed by atoms with Gasteiger partial charge in [0.1, 0.15) is 12.4 Å². The van der Waals surface area contributed by atoms with E-state index < -0.39 is 0 Å². The largest absolute Gasteiger partial charge is 0.491 e. The van der Waals surface area contributed by atoms with Gasteiger partial charge in [0, 0.05) is 6.54 Å². The molecule has 1 rings (SSSR count). The number of ether oxygens (including phenoxy) is 1. The van der Waals surface area contributed by atoms with E-state index >= 15 is 0 Å². The third kappa shape index (κ3) is 4.32. The lowest BCUT2D eigenvalue weighted by Gasteiger charge is -2.16. The summed E-state index contributed by atoms with van der Waals surface area (Å²) in [5.41, 5.74) is 2.67. The first-order chi connectivity index (χ1) is 7.91. The van der Waals surface area contributed by atoms with Crippen LogP contribution in [0.1, 0.15) is 30.9 Å². The van der Waals surface area contributed by atoms with Crippen LogP contribution in [0.15, 0.2) is 16.6 Å². The molecule has 0 atom stereocenters. The normalized spacial score (nSPS) is 11.3. The van der Waals surface area contributed by atoms with Gasteiger partial charge < -0.3 is 9.64 Å². The van der Waals surface area contributed by atoms with Gasteiger partial charge in [-0.1, -0.05) is 13.8 Å². The number of benzene rings is 1. The molecule has 96 valence electrons. The van der Waals surface area contributed by atoms with Gasteiger partial charge in [-0.05, 0) is 66.1 Å². The Hall–Kier alpha value is -0.540. The van der Waals surface area contributed by atoms with Gasteiger partial charge in [0.25, 0.3) is 0 Å². The van der Waals surface area contributed by atoms with Crippen molar-refractivity contribution in [3.8, 4) is 5.75 Å². The first-order valence-corrected chi connectivity index (χ1v) is 6.78. The Bertz CT molecular complexity index is 375. The van der Waals surface area contributed by atoms with E-state index in [1.165, 1.54) is 11.1 Å². The number of halogens is 1. The Labute approximate surface area is 113 Å². The third-order valence-electron chi connectivity index (χ3n) is 2.74. The minimum Gasteiger partial charge on any atom is -0.491 e. The molecule has 0 aliphatic heterocycles. The number of likely N-dealkylation sites (N-methyl/N-ethyl adjacent to an activating group) is 1. The summed E-state index contributed by atoms with van der Waals surface area (Å²) in [6.07, 6.45) is 0. The van der Waals surface area contributed by atoms with Crippen molar-refractivity contribution in [1.29, 1.82) is 0 Å². The molecule has 17 heavy (non-hydrogen) atoms. The van der Waals surface area contributed by atoms with Crippen molar-refractivity contribution in [3.05, 3.63) is 27.7 Å². The van der Waals surface area contributed by atoms with E-state index in [0.717, 1.165) is 16.8 Å². The molecule has 0 saturated heterocycles. The Morgan fingerprint density at radius 1 is 1.29 bits per heavy atom. The van der Waals surface area contributed by atoms with Gasteiger partial charge in [-0.15, -0.1) is 0 Å². The van der Waals surface area contributed by atoms with E-state index in [4.69, 9.17) is 4.74 Å². The predicted octanol–water partition coefficient (Wildman–Crippen LogP) is 3.82. The maximum Gasteiger partial charge on any atom is 0.133 e. The molecular weight excluding hydrogens is 278 g/mol. The van der Waals surface area contributed by atoms with Gasteiger partial charge in [-0.3, -0.25) is 0 Å². The lowest BCUT2D eigenvalue weighted by atomic mass is 9.98. The predicted molar refractivity (Wildman–Crippen MR) is 77.0 cm³/mol. The number of nitrogens with zero attached hydrogens (tertiary/aromatic N) is 1. The SMILES string of the molecule is Cc1cc(Br)c(OCCN(C)C)cc1C(C)C. The molecule has 0 amide bonds. The molecule has 0 aromatic heterocycles. The van der Waals surface area contributed by atoms with Crippen LogP contribution in [0.3, 0.4) is 0 Å². The summed E-state index contributed by atoms with van der Waals surface area (Å²) in [4.78, 5) is 2.12. The van der Waals surface area contributed by atoms with Crippen molar-refractivity contribution in [3.63, 3.8) is 0 Å². The van der Waals surface area contributed by atoms with Crippen LogP contribution in [0.25, 0.3) is 0 Å². The molecule has 3 heteroatoms. The fourth-order valence-electron chi connectivity index (χ4n) is 1.74. The van der Waals surface area contributed by atoms with Crippen LogP contribution in [-0.4, -0.2) is 32.1 Å². The highest BCUT2D eigenvalue weighted by Crippen LogP contribution is 2.31. The van der Waals surface area contributed by atoms with E-state index in [0.29, 0.717) is 12.5 Å². The average Bonchev–Trinajstić information content (AvgIpc) is 2.20. The van der Waals surface area contributed by atoms with Crippen LogP contribution in [-0.2, 0) is 0 Å². The molecule has 0 saturated carbocycles. The fourth-order valence-corrected chi connectivity index (χ4v) is 2.31. The minimum atomic E-state index is 0.527. The second-order valence-electron chi connectivity index (χ2n) is 4.95. The highest BCUT2D eigenvalue weighted by Gasteiger charge is 2.09. The minimum absolute atomic E-state index is 0.527. The van der Waals surface area contributed by atoms with Gasteiger partial charge in [0.05, 0.1) is 4.47 Å². The van der Waals surface area contributed by atoms with Crippen molar-refractivity contribution in [2.45, 2.75) is 26.7 Å². The second kappa shape index (κ2) is 6.41. The van der Waals surface area contributed by atoms with E-state index in [1.54, 1.807) is 0 Å². The topological polar surface area (TPSA) is 12.5 Å². The zero-order valence-electron chi connectivity index (χ0n) is 11.4. The maximum atomic E-state index is 5.80. The van der Waals surface area contributed by atoms with Gasteiger partial charge in [-0.25, -0.2) is 0 Å². The van der Waals surface area contributed by atoms with E-state index in [-0.39, 0.29) is 0 Å². The summed E-state index contributed by atoms with van der Waals surface area (Å²) in [6.45, 7) is 8.20. The second-order valence-corrected chi connectivity index (χ2v) is 5.80. The Morgan fingerprint density at radius 2 is 1.94 bits per heavy atom. The van der Waals surface area contributed by atoms with Crippen molar-refractivity contribution in [2.24, 2.45) is 0 Å². The first kappa shape index (κ1) is 14.5. The van der Waals surface area contributed by atoms with Gasteiger partial charge in [-0.2, -0.15) is 0 Å². The van der Waals surface area contributed by atoms with Crippen molar-refractivity contribution in [1.82, 2.24) is 4.90 Å². The van der Waals surface area contributed by atoms with E-state index in [9.17, 15) is 0 Å². The molecule has 0 radical (unpaired) electrons. The third-order valence-corrected chi connectivity index (χ3v) is 3.36. The van der Waals surface area contributed by atoms with Crippen LogP contribution < -0.4 is 4.74 Å². The van der Waals surface area contributed by atoms with E-state index in [1.807, 2.05) is 14.1 Å². The summed E-state index contributed by atoms with van der Waals surface area (Å²) in [5.74, 6) is 1.47. The van der Waals surface area contributed by atoms with Gasteiger partial charge in [0.15, 0.2) is 0 Å². The van der Waals surface area contributed by atoms with Crippen molar-refractivity contribution >= 4 is 15.9 Å². The van der Waals surface area contributed by atoms with Crippen LogP contribution in [0, 0.1) is 6.92 Å². The van der Waals surface area contributed by atoms with Crippen molar-refractivity contribution in [2.75, 3.05) is 27.2 Å². The maximum absolute atomic E-state index is 5.80. The molecule has 2 nitrogen and oxygen atoms in total. The highest BCUT2D eigenvalue weighted by molar-refractivity contribution is 9.10. The lowest BCUT2D eigenvalue weighted by Crippen LogP contribution is -2.19. The monoisotopic (exact) mass is 299 g/mol. The molecular formula is C14H22BrNO. The lowest BCUT2D eigenvalue weighted by molar-refractivity contribution is 0.260. The zero-order valence-corrected chi connectivity index (χ0v) is 13.0. The quantitative estimate of drug-likeness (QED) is 0.819. The summed E-state index contributed by atoms with van der Waals surface area (Å²) < 4.78 is 6.84. The van der Waals surface area contributed by atoms with Crippen LogP contribution in [0.4, 0.5) is 0 Å². The highest BCUT2D eigenvalue weighted by atomic mass is 79.9. The molecule has 0 fully saturated rings. The fraction of sp³-hybridized carbons (Fsp3) is 0.571. The molecule has 0 aliphatic rings. The summed E-state index contributed by atoms with van der Waals surface area (Å²) in [6, 6.07) is 4.29. The van der Waals surface area contributed by atoms with Crippen LogP contribution >= 0.6 is 15.9 Å². The molecule has 0 unspecified atom stereocenters.